The summed E-state index contributed by atoms with van der Waals surface area (Å²) in [6, 6.07) is 1.04. The topological polar surface area (TPSA) is 118 Å². The fraction of sp³-hybridized carbons (Fsp3) is 0.615. The number of nitrogens with one attached hydrogen (secondary N) is 1. The zero-order valence-electron chi connectivity index (χ0n) is 12.4. The Kier molecular flexibility index (Phi) is 5.45. The maximum atomic E-state index is 12.3. The van der Waals surface area contributed by atoms with E-state index in [1.165, 1.54) is 16.8 Å². The second-order valence-corrected chi connectivity index (χ2v) is 5.25. The summed E-state index contributed by atoms with van der Waals surface area (Å²) in [5.74, 6) is -0.568. The van der Waals surface area contributed by atoms with Gasteiger partial charge in [-0.15, -0.1) is 0 Å². The largest absolute Gasteiger partial charge is 0.394 e. The molecule has 8 nitrogen and oxygen atoms in total. The van der Waals surface area contributed by atoms with Crippen LogP contribution in [0.3, 0.4) is 0 Å². The lowest BCUT2D eigenvalue weighted by Gasteiger charge is -2.30. The number of rotatable bonds is 7. The van der Waals surface area contributed by atoms with E-state index in [1.54, 1.807) is 20.8 Å². The summed E-state index contributed by atoms with van der Waals surface area (Å²) in [7, 11) is 0. The van der Waals surface area contributed by atoms with E-state index in [4.69, 9.17) is 0 Å². The number of hydrogen-bond acceptors (Lipinski definition) is 5. The van der Waals surface area contributed by atoms with Crippen LogP contribution in [0.5, 0.6) is 0 Å². The minimum Gasteiger partial charge on any atom is -0.394 e. The van der Waals surface area contributed by atoms with E-state index in [9.17, 15) is 25.1 Å². The van der Waals surface area contributed by atoms with Gasteiger partial charge in [0.1, 0.15) is 5.69 Å². The van der Waals surface area contributed by atoms with Gasteiger partial charge in [-0.25, -0.2) is 0 Å². The van der Waals surface area contributed by atoms with Gasteiger partial charge in [-0.3, -0.25) is 14.9 Å². The van der Waals surface area contributed by atoms with Crippen molar-refractivity contribution < 1.29 is 19.9 Å². The molecule has 21 heavy (non-hydrogen) atoms. The van der Waals surface area contributed by atoms with E-state index >= 15 is 0 Å². The molecule has 0 aliphatic rings. The third-order valence-corrected chi connectivity index (χ3v) is 3.49. The van der Waals surface area contributed by atoms with Gasteiger partial charge in [0.2, 0.25) is 0 Å². The molecule has 0 bridgehead atoms. The fourth-order valence-corrected chi connectivity index (χ4v) is 1.92. The number of carbonyl (C=O) groups excluding carboxylic acids is 1. The predicted molar refractivity (Wildman–Crippen MR) is 76.1 cm³/mol. The van der Waals surface area contributed by atoms with Gasteiger partial charge in [0, 0.05) is 12.1 Å². The second kappa shape index (κ2) is 6.68. The summed E-state index contributed by atoms with van der Waals surface area (Å²) < 4.78 is 1.49. The summed E-state index contributed by atoms with van der Waals surface area (Å²) in [6.45, 7) is 4.47. The van der Waals surface area contributed by atoms with Crippen molar-refractivity contribution >= 4 is 11.6 Å². The third-order valence-electron chi connectivity index (χ3n) is 3.49. The highest BCUT2D eigenvalue weighted by Crippen LogP contribution is 2.21. The minimum absolute atomic E-state index is 0.122. The summed E-state index contributed by atoms with van der Waals surface area (Å²) in [6.07, 6.45) is 1.63. The van der Waals surface area contributed by atoms with Gasteiger partial charge >= 0.3 is 0 Å². The summed E-state index contributed by atoms with van der Waals surface area (Å²) >= 11 is 0. The normalized spacial score (nSPS) is 11.7. The molecule has 0 saturated carbocycles. The van der Waals surface area contributed by atoms with Crippen LogP contribution in [-0.2, 0) is 0 Å². The van der Waals surface area contributed by atoms with Gasteiger partial charge in [-0.1, -0.05) is 6.92 Å². The maximum absolute atomic E-state index is 12.3. The van der Waals surface area contributed by atoms with Crippen molar-refractivity contribution in [3.63, 3.8) is 0 Å². The number of nitrogens with zero attached hydrogens (tertiary/aromatic N) is 2. The average molecular weight is 299 g/mol. The van der Waals surface area contributed by atoms with Crippen molar-refractivity contribution in [1.29, 1.82) is 0 Å². The summed E-state index contributed by atoms with van der Waals surface area (Å²) in [5.41, 5.74) is -1.20. The Labute approximate surface area is 122 Å². The highest BCUT2D eigenvalue weighted by Gasteiger charge is 2.31. The first-order valence-electron chi connectivity index (χ1n) is 6.70. The molecule has 118 valence electrons. The van der Waals surface area contributed by atoms with Crippen molar-refractivity contribution in [3.8, 4) is 0 Å². The van der Waals surface area contributed by atoms with Gasteiger partial charge in [0.05, 0.1) is 29.9 Å². The quantitative estimate of drug-likeness (QED) is 0.509. The first-order chi connectivity index (χ1) is 9.80. The fourth-order valence-electron chi connectivity index (χ4n) is 1.92. The number of aromatic nitrogens is 1. The highest BCUT2D eigenvalue weighted by molar-refractivity contribution is 5.94. The number of hydrogen-bond donors (Lipinski definition) is 3. The molecule has 1 heterocycles. The Balaban J connectivity index is 3.14. The molecule has 0 aliphatic heterocycles. The minimum atomic E-state index is -1.14. The monoisotopic (exact) mass is 299 g/mol. The predicted octanol–water partition coefficient (Wildman–Crippen LogP) is 0.840. The Morgan fingerprint density at radius 1 is 1.48 bits per heavy atom. The van der Waals surface area contributed by atoms with E-state index in [1.807, 2.05) is 0 Å². The van der Waals surface area contributed by atoms with Crippen molar-refractivity contribution in [3.05, 3.63) is 28.1 Å². The lowest BCUT2D eigenvalue weighted by atomic mass is 9.98. The van der Waals surface area contributed by atoms with Crippen molar-refractivity contribution in [2.45, 2.75) is 38.8 Å². The number of carbonyl (C=O) groups is 1. The molecule has 1 aromatic heterocycles. The Hall–Kier alpha value is -1.93. The molecule has 0 atom stereocenters. The van der Waals surface area contributed by atoms with E-state index in [-0.39, 0.29) is 17.4 Å². The molecule has 8 heteroatoms. The third kappa shape index (κ3) is 3.59. The lowest BCUT2D eigenvalue weighted by molar-refractivity contribution is -0.384. The van der Waals surface area contributed by atoms with Crippen LogP contribution in [0.2, 0.25) is 0 Å². The molecule has 1 aromatic rings. The first kappa shape index (κ1) is 17.1. The smallest absolute Gasteiger partial charge is 0.287 e. The molecule has 1 rings (SSSR count). The van der Waals surface area contributed by atoms with E-state index in [0.29, 0.717) is 6.42 Å². The van der Waals surface area contributed by atoms with Crippen LogP contribution in [0.25, 0.3) is 0 Å². The second-order valence-electron chi connectivity index (χ2n) is 5.25. The molecule has 1 amide bonds. The van der Waals surface area contributed by atoms with Crippen molar-refractivity contribution in [2.24, 2.45) is 0 Å². The van der Waals surface area contributed by atoms with Crippen LogP contribution in [0.15, 0.2) is 12.3 Å². The Morgan fingerprint density at radius 3 is 2.43 bits per heavy atom. The zero-order valence-corrected chi connectivity index (χ0v) is 12.4. The molecular weight excluding hydrogens is 278 g/mol. The van der Waals surface area contributed by atoms with Crippen molar-refractivity contribution in [2.75, 3.05) is 13.2 Å². The lowest BCUT2D eigenvalue weighted by Crippen LogP contribution is -2.54. The van der Waals surface area contributed by atoms with Crippen molar-refractivity contribution in [1.82, 2.24) is 9.88 Å². The molecule has 0 saturated heterocycles. The molecule has 0 spiro atoms. The molecule has 0 aliphatic carbocycles. The summed E-state index contributed by atoms with van der Waals surface area (Å²) in [4.78, 5) is 22.6. The van der Waals surface area contributed by atoms with Crippen LogP contribution in [0.1, 0.15) is 43.7 Å². The van der Waals surface area contributed by atoms with E-state index in [0.717, 1.165) is 0 Å². The average Bonchev–Trinajstić information content (AvgIpc) is 2.90. The van der Waals surface area contributed by atoms with Crippen LogP contribution >= 0.6 is 0 Å². The maximum Gasteiger partial charge on any atom is 0.287 e. The van der Waals surface area contributed by atoms with Gasteiger partial charge in [0.15, 0.2) is 0 Å². The Bertz CT molecular complexity index is 512. The Morgan fingerprint density at radius 2 is 2.05 bits per heavy atom. The van der Waals surface area contributed by atoms with Crippen LogP contribution in [0, 0.1) is 10.1 Å². The molecular formula is C13H21N3O5. The van der Waals surface area contributed by atoms with Crippen LogP contribution < -0.4 is 5.32 Å². The number of aliphatic hydroxyl groups is 2. The van der Waals surface area contributed by atoms with Gasteiger partial charge < -0.3 is 20.1 Å². The molecule has 0 aromatic carbocycles. The van der Waals surface area contributed by atoms with E-state index in [2.05, 4.69) is 5.32 Å². The van der Waals surface area contributed by atoms with Crippen LogP contribution in [0.4, 0.5) is 5.69 Å². The summed E-state index contributed by atoms with van der Waals surface area (Å²) in [5, 5.41) is 32.1. The molecule has 0 unspecified atom stereocenters. The van der Waals surface area contributed by atoms with Gasteiger partial charge in [-0.05, 0) is 20.3 Å². The SMILES string of the molecule is CCC(CO)(CO)NC(=O)c1cc([N+](=O)[O-])cn1C(C)C. The van der Waals surface area contributed by atoms with E-state index < -0.39 is 29.6 Å². The van der Waals surface area contributed by atoms with Gasteiger partial charge in [-0.2, -0.15) is 0 Å². The van der Waals surface area contributed by atoms with Crippen LogP contribution in [-0.4, -0.2) is 44.4 Å². The number of nitro groups is 1. The standard InChI is InChI=1S/C13H21N3O5/c1-4-13(7-17,8-18)14-12(19)11-5-10(16(20)21)6-15(11)9(2)3/h5-6,9,17-18H,4,7-8H2,1-3H3,(H,14,19). The molecule has 0 fully saturated rings. The molecule has 3 N–H and O–H groups in total. The number of aliphatic hydroxyl groups excluding tert-OH is 2. The zero-order chi connectivity index (χ0) is 16.2. The van der Waals surface area contributed by atoms with Gasteiger partial charge in [0.25, 0.3) is 11.6 Å². The highest BCUT2D eigenvalue weighted by atomic mass is 16.6. The molecule has 0 radical (unpaired) electrons. The number of amides is 1. The first-order valence-corrected chi connectivity index (χ1v) is 6.70.